The topological polar surface area (TPSA) is 6.48 Å². The summed E-state index contributed by atoms with van der Waals surface area (Å²) in [6.07, 6.45) is 13.7. The Morgan fingerprint density at radius 2 is 2.00 bits per heavy atom. The Morgan fingerprint density at radius 3 is 2.59 bits per heavy atom. The lowest BCUT2D eigenvalue weighted by Gasteiger charge is -2.32. The number of rotatable bonds is 5. The minimum atomic E-state index is 0.733. The summed E-state index contributed by atoms with van der Waals surface area (Å²) in [5.74, 6) is 2.68. The number of allylic oxidation sites excluding steroid dienone is 2. The van der Waals surface area contributed by atoms with E-state index in [2.05, 4.69) is 47.9 Å². The van der Waals surface area contributed by atoms with Gasteiger partial charge in [-0.05, 0) is 19.0 Å². The van der Waals surface area contributed by atoms with Crippen molar-refractivity contribution in [1.29, 1.82) is 0 Å². The van der Waals surface area contributed by atoms with Gasteiger partial charge in [-0.15, -0.1) is 12.3 Å². The number of hydrogen-bond acceptors (Lipinski definition) is 2. The van der Waals surface area contributed by atoms with Crippen LogP contribution >= 0.6 is 0 Å². The predicted molar refractivity (Wildman–Crippen MR) is 74.9 cm³/mol. The molecule has 1 rings (SSSR count). The zero-order valence-electron chi connectivity index (χ0n) is 11.2. The van der Waals surface area contributed by atoms with Crippen LogP contribution in [0.4, 0.5) is 0 Å². The van der Waals surface area contributed by atoms with Gasteiger partial charge in [0.05, 0.1) is 0 Å². The standard InChI is InChI=1S/C15H24N2/c1-4-6-8-15(9-7-5-2)14-17-12-10-16(3)11-13-17/h1,7-9H,5-6,10-14H2,2-3H3/b9-7-,15-8+. The van der Waals surface area contributed by atoms with Gasteiger partial charge in [0.15, 0.2) is 0 Å². The van der Waals surface area contributed by atoms with Gasteiger partial charge in [-0.3, -0.25) is 4.90 Å². The van der Waals surface area contributed by atoms with Crippen LogP contribution in [0.2, 0.25) is 0 Å². The number of nitrogens with zero attached hydrogens (tertiary/aromatic N) is 2. The first-order valence-electron chi connectivity index (χ1n) is 6.46. The maximum atomic E-state index is 5.32. The van der Waals surface area contributed by atoms with Gasteiger partial charge in [-0.1, -0.05) is 25.2 Å². The smallest absolute Gasteiger partial charge is 0.0273 e. The molecule has 1 saturated heterocycles. The van der Waals surface area contributed by atoms with Crippen molar-refractivity contribution in [1.82, 2.24) is 9.80 Å². The molecule has 0 aromatic heterocycles. The van der Waals surface area contributed by atoms with E-state index in [9.17, 15) is 0 Å². The van der Waals surface area contributed by atoms with Crippen molar-refractivity contribution in [3.8, 4) is 12.3 Å². The van der Waals surface area contributed by atoms with E-state index in [1.165, 1.54) is 18.7 Å². The molecule has 1 heterocycles. The summed E-state index contributed by atoms with van der Waals surface area (Å²) in [6, 6.07) is 0. The van der Waals surface area contributed by atoms with Crippen molar-refractivity contribution >= 4 is 0 Å². The van der Waals surface area contributed by atoms with Crippen LogP contribution in [0.15, 0.2) is 23.8 Å². The molecule has 2 nitrogen and oxygen atoms in total. The average molecular weight is 232 g/mol. The fraction of sp³-hybridized carbons (Fsp3) is 0.600. The van der Waals surface area contributed by atoms with Gasteiger partial charge in [0.25, 0.3) is 0 Å². The minimum absolute atomic E-state index is 0.733. The van der Waals surface area contributed by atoms with Crippen LogP contribution in [0.25, 0.3) is 0 Å². The zero-order chi connectivity index (χ0) is 12.5. The predicted octanol–water partition coefficient (Wildman–Crippen LogP) is 2.15. The Bertz CT molecular complexity index is 301. The summed E-state index contributed by atoms with van der Waals surface area (Å²) in [5, 5.41) is 0. The molecule has 94 valence electrons. The molecule has 0 N–H and O–H groups in total. The van der Waals surface area contributed by atoms with E-state index in [1.54, 1.807) is 0 Å². The maximum Gasteiger partial charge on any atom is 0.0273 e. The van der Waals surface area contributed by atoms with Crippen LogP contribution in [0.1, 0.15) is 19.8 Å². The molecule has 0 unspecified atom stereocenters. The van der Waals surface area contributed by atoms with E-state index >= 15 is 0 Å². The molecule has 1 aliphatic heterocycles. The highest BCUT2D eigenvalue weighted by Crippen LogP contribution is 2.07. The minimum Gasteiger partial charge on any atom is -0.304 e. The third-order valence-corrected chi connectivity index (χ3v) is 3.05. The highest BCUT2D eigenvalue weighted by Gasteiger charge is 2.13. The second kappa shape index (κ2) is 8.11. The first-order valence-corrected chi connectivity index (χ1v) is 6.46. The summed E-state index contributed by atoms with van der Waals surface area (Å²) >= 11 is 0. The van der Waals surface area contributed by atoms with Crippen LogP contribution in [0.5, 0.6) is 0 Å². The lowest BCUT2D eigenvalue weighted by molar-refractivity contribution is 0.164. The molecule has 0 aliphatic carbocycles. The first kappa shape index (κ1) is 14.0. The summed E-state index contributed by atoms with van der Waals surface area (Å²) in [6.45, 7) is 7.84. The number of hydrogen-bond donors (Lipinski definition) is 0. The van der Waals surface area contributed by atoms with E-state index in [4.69, 9.17) is 6.42 Å². The van der Waals surface area contributed by atoms with Gasteiger partial charge in [0, 0.05) is 39.1 Å². The van der Waals surface area contributed by atoms with Crippen LogP contribution in [0.3, 0.4) is 0 Å². The molecule has 0 radical (unpaired) electrons. The monoisotopic (exact) mass is 232 g/mol. The molecule has 2 heteroatoms. The quantitative estimate of drug-likeness (QED) is 0.529. The fourth-order valence-corrected chi connectivity index (χ4v) is 1.91. The largest absolute Gasteiger partial charge is 0.304 e. The van der Waals surface area contributed by atoms with Gasteiger partial charge >= 0.3 is 0 Å². The second-order valence-electron chi connectivity index (χ2n) is 4.58. The molecule has 0 amide bonds. The highest BCUT2D eigenvalue weighted by atomic mass is 15.2. The van der Waals surface area contributed by atoms with E-state index < -0.39 is 0 Å². The maximum absolute atomic E-state index is 5.32. The fourth-order valence-electron chi connectivity index (χ4n) is 1.91. The molecule has 1 fully saturated rings. The van der Waals surface area contributed by atoms with Gasteiger partial charge in [0.2, 0.25) is 0 Å². The van der Waals surface area contributed by atoms with Crippen molar-refractivity contribution in [3.63, 3.8) is 0 Å². The average Bonchev–Trinajstić information content (AvgIpc) is 2.35. The van der Waals surface area contributed by atoms with Crippen molar-refractivity contribution in [2.75, 3.05) is 39.8 Å². The van der Waals surface area contributed by atoms with E-state index in [0.717, 1.165) is 32.5 Å². The van der Waals surface area contributed by atoms with Crippen molar-refractivity contribution in [2.24, 2.45) is 0 Å². The number of likely N-dealkylation sites (N-methyl/N-ethyl adjacent to an activating group) is 1. The lowest BCUT2D eigenvalue weighted by atomic mass is 10.1. The van der Waals surface area contributed by atoms with Crippen molar-refractivity contribution < 1.29 is 0 Å². The molecule has 0 spiro atoms. The SMILES string of the molecule is C#CC/C=C(\C=C/CC)CN1CCN(C)CC1. The zero-order valence-corrected chi connectivity index (χ0v) is 11.2. The normalized spacial score (nSPS) is 19.7. The molecule has 0 aromatic carbocycles. The Kier molecular flexibility index (Phi) is 6.69. The Hall–Kier alpha value is -1.04. The first-order chi connectivity index (χ1) is 8.26. The summed E-state index contributed by atoms with van der Waals surface area (Å²) in [5.41, 5.74) is 1.36. The molecule has 0 bridgehead atoms. The molecule has 0 aromatic rings. The molecule has 0 saturated carbocycles. The molecule has 17 heavy (non-hydrogen) atoms. The van der Waals surface area contributed by atoms with Crippen molar-refractivity contribution in [2.45, 2.75) is 19.8 Å². The van der Waals surface area contributed by atoms with E-state index in [0.29, 0.717) is 0 Å². The summed E-state index contributed by atoms with van der Waals surface area (Å²) in [7, 11) is 2.18. The Labute approximate surface area is 106 Å². The van der Waals surface area contributed by atoms with Gasteiger partial charge in [0.1, 0.15) is 0 Å². The summed E-state index contributed by atoms with van der Waals surface area (Å²) < 4.78 is 0. The van der Waals surface area contributed by atoms with Gasteiger partial charge in [-0.25, -0.2) is 0 Å². The van der Waals surface area contributed by atoms with Gasteiger partial charge in [-0.2, -0.15) is 0 Å². The third-order valence-electron chi connectivity index (χ3n) is 3.05. The van der Waals surface area contributed by atoms with Crippen LogP contribution in [-0.4, -0.2) is 49.6 Å². The Morgan fingerprint density at radius 1 is 1.29 bits per heavy atom. The summed E-state index contributed by atoms with van der Waals surface area (Å²) in [4.78, 5) is 4.88. The molecule has 1 aliphatic rings. The van der Waals surface area contributed by atoms with Crippen LogP contribution in [-0.2, 0) is 0 Å². The van der Waals surface area contributed by atoms with Crippen LogP contribution < -0.4 is 0 Å². The third kappa shape index (κ3) is 5.72. The number of piperazine rings is 1. The highest BCUT2D eigenvalue weighted by molar-refractivity contribution is 5.22. The van der Waals surface area contributed by atoms with Gasteiger partial charge < -0.3 is 4.90 Å². The van der Waals surface area contributed by atoms with Crippen LogP contribution in [0, 0.1) is 12.3 Å². The number of terminal acetylenes is 1. The molecular weight excluding hydrogens is 208 g/mol. The molecule has 0 atom stereocenters. The molecular formula is C15H24N2. The van der Waals surface area contributed by atoms with E-state index in [1.807, 2.05) is 0 Å². The van der Waals surface area contributed by atoms with Crippen molar-refractivity contribution in [3.05, 3.63) is 23.8 Å². The lowest BCUT2D eigenvalue weighted by Crippen LogP contribution is -2.44. The second-order valence-corrected chi connectivity index (χ2v) is 4.58. The van der Waals surface area contributed by atoms with E-state index in [-0.39, 0.29) is 0 Å². The Balaban J connectivity index is 2.48.